The van der Waals surface area contributed by atoms with E-state index < -0.39 is 6.10 Å². The van der Waals surface area contributed by atoms with Crippen LogP contribution in [-0.4, -0.2) is 34.6 Å². The fourth-order valence-corrected chi connectivity index (χ4v) is 2.73. The minimum atomic E-state index is -0.492. The first-order valence-corrected chi connectivity index (χ1v) is 7.52. The fraction of sp³-hybridized carbons (Fsp3) is 0.562. The average Bonchev–Trinajstić information content (AvgIpc) is 3.16. The summed E-state index contributed by atoms with van der Waals surface area (Å²) in [6.45, 7) is 6.09. The maximum Gasteiger partial charge on any atom is 0.226 e. The zero-order valence-corrected chi connectivity index (χ0v) is 13.0. The number of nitrogens with zero attached hydrogens (tertiary/aromatic N) is 1. The number of benzene rings is 1. The van der Waals surface area contributed by atoms with Gasteiger partial charge in [0, 0.05) is 23.5 Å². The quantitative estimate of drug-likeness (QED) is 0.907. The average molecular weight is 296 g/mol. The molecule has 1 aliphatic rings. The molecule has 4 heteroatoms. The number of amides is 1. The van der Waals surface area contributed by atoms with Crippen molar-refractivity contribution >= 4 is 17.5 Å². The Kier molecular flexibility index (Phi) is 4.71. The number of aliphatic hydroxyl groups is 1. The van der Waals surface area contributed by atoms with E-state index in [1.165, 1.54) is 5.56 Å². The Balaban J connectivity index is 2.02. The molecule has 2 rings (SSSR count). The highest BCUT2D eigenvalue weighted by molar-refractivity contribution is 6.30. The standard InChI is InChI=1S/C16H22ClNO2/c1-10(2)18(9-11(3)19)16(20)15-8-14(15)12-4-6-13(17)7-5-12/h4-7,10-11,14-15,19H,8-9H2,1-3H3. The molecule has 0 aromatic heterocycles. The number of carbonyl (C=O) groups excluding carboxylic acids is 1. The van der Waals surface area contributed by atoms with Crippen LogP contribution in [0.15, 0.2) is 24.3 Å². The monoisotopic (exact) mass is 295 g/mol. The van der Waals surface area contributed by atoms with Crippen molar-refractivity contribution in [3.05, 3.63) is 34.9 Å². The smallest absolute Gasteiger partial charge is 0.226 e. The molecular weight excluding hydrogens is 274 g/mol. The van der Waals surface area contributed by atoms with E-state index in [2.05, 4.69) is 0 Å². The van der Waals surface area contributed by atoms with Gasteiger partial charge in [0.2, 0.25) is 5.91 Å². The Morgan fingerprint density at radius 2 is 1.95 bits per heavy atom. The lowest BCUT2D eigenvalue weighted by Gasteiger charge is -2.28. The molecule has 1 aromatic carbocycles. The minimum Gasteiger partial charge on any atom is -0.392 e. The summed E-state index contributed by atoms with van der Waals surface area (Å²) in [6, 6.07) is 7.84. The molecule has 1 amide bonds. The van der Waals surface area contributed by atoms with E-state index in [0.29, 0.717) is 12.5 Å². The summed E-state index contributed by atoms with van der Waals surface area (Å²) in [4.78, 5) is 14.3. The second-order valence-corrected chi connectivity index (χ2v) is 6.37. The van der Waals surface area contributed by atoms with Crippen LogP contribution in [0.1, 0.15) is 38.7 Å². The molecule has 3 nitrogen and oxygen atoms in total. The van der Waals surface area contributed by atoms with E-state index in [1.54, 1.807) is 11.8 Å². The Hall–Kier alpha value is -1.06. The maximum atomic E-state index is 12.5. The minimum absolute atomic E-state index is 0.0531. The summed E-state index contributed by atoms with van der Waals surface area (Å²) < 4.78 is 0. The third-order valence-corrected chi connectivity index (χ3v) is 4.03. The molecule has 0 spiro atoms. The largest absolute Gasteiger partial charge is 0.392 e. The van der Waals surface area contributed by atoms with E-state index in [0.717, 1.165) is 11.4 Å². The molecule has 0 aliphatic heterocycles. The van der Waals surface area contributed by atoms with Gasteiger partial charge in [0.15, 0.2) is 0 Å². The molecule has 20 heavy (non-hydrogen) atoms. The zero-order chi connectivity index (χ0) is 14.9. The maximum absolute atomic E-state index is 12.5. The van der Waals surface area contributed by atoms with Gasteiger partial charge in [-0.2, -0.15) is 0 Å². The molecule has 1 aromatic rings. The van der Waals surface area contributed by atoms with Crippen LogP contribution >= 0.6 is 11.6 Å². The van der Waals surface area contributed by atoms with Crippen molar-refractivity contribution in [1.29, 1.82) is 0 Å². The Bertz CT molecular complexity index is 470. The molecule has 0 bridgehead atoms. The molecular formula is C16H22ClNO2. The highest BCUT2D eigenvalue weighted by Crippen LogP contribution is 2.48. The third-order valence-electron chi connectivity index (χ3n) is 3.77. The van der Waals surface area contributed by atoms with Crippen LogP contribution in [0, 0.1) is 5.92 Å². The van der Waals surface area contributed by atoms with Gasteiger partial charge in [0.25, 0.3) is 0 Å². The van der Waals surface area contributed by atoms with Crippen molar-refractivity contribution in [2.45, 2.75) is 45.3 Å². The number of rotatable bonds is 5. The molecule has 0 saturated heterocycles. The van der Waals surface area contributed by atoms with Gasteiger partial charge in [-0.05, 0) is 50.8 Å². The van der Waals surface area contributed by atoms with Crippen LogP contribution in [0.4, 0.5) is 0 Å². The van der Waals surface area contributed by atoms with Crippen LogP contribution in [-0.2, 0) is 4.79 Å². The molecule has 1 saturated carbocycles. The third kappa shape index (κ3) is 3.53. The van der Waals surface area contributed by atoms with Gasteiger partial charge in [0.1, 0.15) is 0 Å². The molecule has 3 unspecified atom stereocenters. The van der Waals surface area contributed by atoms with Gasteiger partial charge in [-0.15, -0.1) is 0 Å². The highest BCUT2D eigenvalue weighted by Gasteiger charge is 2.46. The van der Waals surface area contributed by atoms with E-state index in [4.69, 9.17) is 11.6 Å². The van der Waals surface area contributed by atoms with Crippen LogP contribution in [0.2, 0.25) is 5.02 Å². The van der Waals surface area contributed by atoms with Crippen molar-refractivity contribution in [1.82, 2.24) is 4.90 Å². The van der Waals surface area contributed by atoms with Gasteiger partial charge in [-0.25, -0.2) is 0 Å². The normalized spacial score (nSPS) is 22.7. The van der Waals surface area contributed by atoms with Crippen molar-refractivity contribution in [3.63, 3.8) is 0 Å². The van der Waals surface area contributed by atoms with Gasteiger partial charge < -0.3 is 10.0 Å². The molecule has 1 fully saturated rings. The Morgan fingerprint density at radius 3 is 2.45 bits per heavy atom. The van der Waals surface area contributed by atoms with E-state index in [1.807, 2.05) is 38.1 Å². The molecule has 110 valence electrons. The second-order valence-electron chi connectivity index (χ2n) is 5.93. The Morgan fingerprint density at radius 1 is 1.35 bits per heavy atom. The predicted molar refractivity (Wildman–Crippen MR) is 80.8 cm³/mol. The van der Waals surface area contributed by atoms with Crippen LogP contribution < -0.4 is 0 Å². The van der Waals surface area contributed by atoms with Crippen molar-refractivity contribution in [3.8, 4) is 0 Å². The van der Waals surface area contributed by atoms with Crippen LogP contribution in [0.5, 0.6) is 0 Å². The van der Waals surface area contributed by atoms with Crippen molar-refractivity contribution in [2.75, 3.05) is 6.54 Å². The fourth-order valence-electron chi connectivity index (χ4n) is 2.60. The van der Waals surface area contributed by atoms with Gasteiger partial charge in [0.05, 0.1) is 6.10 Å². The zero-order valence-electron chi connectivity index (χ0n) is 12.2. The highest BCUT2D eigenvalue weighted by atomic mass is 35.5. The first-order valence-electron chi connectivity index (χ1n) is 7.14. The molecule has 1 N–H and O–H groups in total. The number of aliphatic hydroxyl groups excluding tert-OH is 1. The summed E-state index contributed by atoms with van der Waals surface area (Å²) in [5, 5.41) is 10.2. The number of hydrogen-bond acceptors (Lipinski definition) is 2. The topological polar surface area (TPSA) is 40.5 Å². The first kappa shape index (κ1) is 15.3. The number of carbonyl (C=O) groups is 1. The van der Waals surface area contributed by atoms with Gasteiger partial charge in [-0.1, -0.05) is 23.7 Å². The van der Waals surface area contributed by atoms with Crippen molar-refractivity contribution < 1.29 is 9.90 Å². The van der Waals surface area contributed by atoms with Crippen molar-refractivity contribution in [2.24, 2.45) is 5.92 Å². The van der Waals surface area contributed by atoms with Crippen LogP contribution in [0.25, 0.3) is 0 Å². The molecule has 1 aliphatic carbocycles. The lowest BCUT2D eigenvalue weighted by molar-refractivity contribution is -0.135. The van der Waals surface area contributed by atoms with Gasteiger partial charge >= 0.3 is 0 Å². The van der Waals surface area contributed by atoms with Gasteiger partial charge in [-0.3, -0.25) is 4.79 Å². The molecule has 0 radical (unpaired) electrons. The summed E-state index contributed by atoms with van der Waals surface area (Å²) in [6.07, 6.45) is 0.401. The lowest BCUT2D eigenvalue weighted by Crippen LogP contribution is -2.42. The predicted octanol–water partition coefficient (Wildman–Crippen LogP) is 3.06. The van der Waals surface area contributed by atoms with E-state index in [-0.39, 0.29) is 17.9 Å². The Labute approximate surface area is 125 Å². The summed E-state index contributed by atoms with van der Waals surface area (Å²) in [5.41, 5.74) is 1.17. The molecule has 0 heterocycles. The lowest BCUT2D eigenvalue weighted by atomic mass is 10.1. The summed E-state index contributed by atoms with van der Waals surface area (Å²) in [7, 11) is 0. The number of halogens is 1. The van der Waals surface area contributed by atoms with Crippen LogP contribution in [0.3, 0.4) is 0 Å². The summed E-state index contributed by atoms with van der Waals surface area (Å²) >= 11 is 5.88. The first-order chi connectivity index (χ1) is 9.40. The number of hydrogen-bond donors (Lipinski definition) is 1. The second kappa shape index (κ2) is 6.15. The molecule has 3 atom stereocenters. The summed E-state index contributed by atoms with van der Waals surface area (Å²) in [5.74, 6) is 0.508. The van der Waals surface area contributed by atoms with E-state index in [9.17, 15) is 9.90 Å². The van der Waals surface area contributed by atoms with E-state index >= 15 is 0 Å². The SMILES string of the molecule is CC(O)CN(C(=O)C1CC1c1ccc(Cl)cc1)C(C)C.